The molecular weight excluding hydrogens is 344 g/mol. The lowest BCUT2D eigenvalue weighted by Crippen LogP contribution is -2.15. The molecule has 3 heterocycles. The fraction of sp³-hybridized carbons (Fsp3) is 0.474. The number of carbonyl (C=O) groups is 1. The summed E-state index contributed by atoms with van der Waals surface area (Å²) in [6.45, 7) is 9.64. The average molecular weight is 372 g/mol. The quantitative estimate of drug-likeness (QED) is 0.665. The summed E-state index contributed by atoms with van der Waals surface area (Å²) in [5.74, 6) is 0.168. The topological polar surface area (TPSA) is 86.9 Å². The van der Waals surface area contributed by atoms with Gasteiger partial charge in [-0.15, -0.1) is 0 Å². The molecule has 3 aromatic rings. The van der Waals surface area contributed by atoms with Gasteiger partial charge in [-0.2, -0.15) is 10.1 Å². The lowest BCUT2D eigenvalue weighted by atomic mass is 9.97. The number of carbonyl (C=O) groups excluding carboxylic acids is 1. The van der Waals surface area contributed by atoms with Gasteiger partial charge < -0.3 is 14.6 Å². The Morgan fingerprint density at radius 1 is 1.30 bits per heavy atom. The number of nitrogens with one attached hydrogen (secondary N) is 1. The van der Waals surface area contributed by atoms with E-state index in [2.05, 4.69) is 45.7 Å². The van der Waals surface area contributed by atoms with E-state index in [1.54, 1.807) is 25.5 Å². The molecule has 0 atom stereocenters. The SMILES string of the molecule is C.CCOC(=O)Cn1cc(Nc2ncc3ccn(CC(C)(C)C)c3n2)cn1. The minimum atomic E-state index is -0.320. The van der Waals surface area contributed by atoms with E-state index < -0.39 is 0 Å². The molecule has 0 saturated carbocycles. The maximum atomic E-state index is 11.5. The van der Waals surface area contributed by atoms with Gasteiger partial charge in [0.15, 0.2) is 0 Å². The second kappa shape index (κ2) is 8.20. The van der Waals surface area contributed by atoms with Gasteiger partial charge in [0.25, 0.3) is 0 Å². The van der Waals surface area contributed by atoms with Gasteiger partial charge in [0.2, 0.25) is 5.95 Å². The second-order valence-electron chi connectivity index (χ2n) is 7.33. The van der Waals surface area contributed by atoms with Crippen LogP contribution >= 0.6 is 0 Å². The molecule has 0 fully saturated rings. The van der Waals surface area contributed by atoms with Crippen molar-refractivity contribution in [2.45, 2.75) is 48.2 Å². The summed E-state index contributed by atoms with van der Waals surface area (Å²) in [6, 6.07) is 2.02. The van der Waals surface area contributed by atoms with E-state index in [1.165, 1.54) is 4.68 Å². The van der Waals surface area contributed by atoms with Crippen LogP contribution in [0.4, 0.5) is 11.6 Å². The fourth-order valence-electron chi connectivity index (χ4n) is 2.65. The normalized spacial score (nSPS) is 11.3. The van der Waals surface area contributed by atoms with E-state index in [9.17, 15) is 4.79 Å². The van der Waals surface area contributed by atoms with Gasteiger partial charge in [-0.3, -0.25) is 9.48 Å². The lowest BCUT2D eigenvalue weighted by Gasteiger charge is -2.19. The minimum Gasteiger partial charge on any atom is -0.465 e. The van der Waals surface area contributed by atoms with E-state index in [-0.39, 0.29) is 25.4 Å². The van der Waals surface area contributed by atoms with Gasteiger partial charge in [0.05, 0.1) is 18.5 Å². The van der Waals surface area contributed by atoms with Crippen LogP contribution in [-0.2, 0) is 22.6 Å². The van der Waals surface area contributed by atoms with Crippen LogP contribution in [0.2, 0.25) is 0 Å². The number of hydrogen-bond acceptors (Lipinski definition) is 6. The van der Waals surface area contributed by atoms with Crippen molar-refractivity contribution in [3.63, 3.8) is 0 Å². The zero-order valence-corrected chi connectivity index (χ0v) is 15.6. The van der Waals surface area contributed by atoms with Crippen LogP contribution in [-0.4, -0.2) is 36.9 Å². The largest absolute Gasteiger partial charge is 0.465 e. The second-order valence-corrected chi connectivity index (χ2v) is 7.33. The van der Waals surface area contributed by atoms with Crippen LogP contribution in [0.1, 0.15) is 35.1 Å². The highest BCUT2D eigenvalue weighted by Crippen LogP contribution is 2.22. The van der Waals surface area contributed by atoms with Gasteiger partial charge in [-0.1, -0.05) is 28.2 Å². The van der Waals surface area contributed by atoms with E-state index in [0.29, 0.717) is 18.2 Å². The summed E-state index contributed by atoms with van der Waals surface area (Å²) in [6.07, 6.45) is 7.18. The first-order valence-electron chi connectivity index (χ1n) is 8.61. The molecule has 0 aromatic carbocycles. The third-order valence-corrected chi connectivity index (χ3v) is 3.63. The van der Waals surface area contributed by atoms with Crippen molar-refractivity contribution >= 4 is 28.6 Å². The monoisotopic (exact) mass is 372 g/mol. The van der Waals surface area contributed by atoms with Crippen LogP contribution in [0, 0.1) is 5.41 Å². The number of nitrogens with zero attached hydrogens (tertiary/aromatic N) is 5. The van der Waals surface area contributed by atoms with Crippen molar-refractivity contribution in [1.29, 1.82) is 0 Å². The first kappa shape index (κ1) is 20.4. The molecule has 1 N–H and O–H groups in total. The predicted octanol–water partition coefficient (Wildman–Crippen LogP) is 3.62. The van der Waals surface area contributed by atoms with Crippen LogP contribution < -0.4 is 5.32 Å². The van der Waals surface area contributed by atoms with Crippen LogP contribution in [0.5, 0.6) is 0 Å². The predicted molar refractivity (Wildman–Crippen MR) is 106 cm³/mol. The average Bonchev–Trinajstić information content (AvgIpc) is 3.14. The third kappa shape index (κ3) is 5.29. The Bertz CT molecular complexity index is 906. The molecule has 8 heteroatoms. The highest BCUT2D eigenvalue weighted by Gasteiger charge is 2.14. The Labute approximate surface area is 159 Å². The third-order valence-electron chi connectivity index (χ3n) is 3.63. The van der Waals surface area contributed by atoms with Gasteiger partial charge >= 0.3 is 5.97 Å². The van der Waals surface area contributed by atoms with Crippen LogP contribution in [0.3, 0.4) is 0 Å². The van der Waals surface area contributed by atoms with Gasteiger partial charge in [0.1, 0.15) is 12.2 Å². The molecule has 0 aliphatic heterocycles. The highest BCUT2D eigenvalue weighted by atomic mass is 16.5. The summed E-state index contributed by atoms with van der Waals surface area (Å²) < 4.78 is 8.56. The fourth-order valence-corrected chi connectivity index (χ4v) is 2.65. The number of anilines is 2. The first-order chi connectivity index (χ1) is 12.3. The van der Waals surface area contributed by atoms with Crippen LogP contribution in [0.15, 0.2) is 30.9 Å². The standard InChI is InChI=1S/C18H24N6O2.CH4/c1-5-26-15(25)11-24-10-14(9-20-24)21-17-19-8-13-6-7-23(16(13)22-17)12-18(2,3)4;/h6-10H,5,11-12H2,1-4H3,(H,19,21,22);1H4. The summed E-state index contributed by atoms with van der Waals surface area (Å²) in [5.41, 5.74) is 1.75. The minimum absolute atomic E-state index is 0. The lowest BCUT2D eigenvalue weighted by molar-refractivity contribution is -0.144. The van der Waals surface area contributed by atoms with E-state index in [1.807, 2.05) is 12.3 Å². The molecule has 0 aliphatic rings. The smallest absolute Gasteiger partial charge is 0.327 e. The molecule has 0 spiro atoms. The molecule has 3 rings (SSSR count). The molecule has 0 aliphatic carbocycles. The van der Waals surface area contributed by atoms with Crippen molar-refractivity contribution in [3.05, 3.63) is 30.9 Å². The number of rotatable bonds is 6. The number of esters is 1. The van der Waals surface area contributed by atoms with Crippen molar-refractivity contribution in [2.75, 3.05) is 11.9 Å². The Balaban J connectivity index is 0.00000261. The van der Waals surface area contributed by atoms with Crippen molar-refractivity contribution in [2.24, 2.45) is 5.41 Å². The maximum Gasteiger partial charge on any atom is 0.327 e. The van der Waals surface area contributed by atoms with Gasteiger partial charge in [0, 0.05) is 30.5 Å². The summed E-state index contributed by atoms with van der Waals surface area (Å²) in [7, 11) is 0. The molecule has 8 nitrogen and oxygen atoms in total. The maximum absolute atomic E-state index is 11.5. The Morgan fingerprint density at radius 2 is 2.07 bits per heavy atom. The van der Waals surface area contributed by atoms with Crippen molar-refractivity contribution in [1.82, 2.24) is 24.3 Å². The molecule has 3 aromatic heterocycles. The molecule has 0 amide bonds. The summed E-state index contributed by atoms with van der Waals surface area (Å²) >= 11 is 0. The Morgan fingerprint density at radius 3 is 2.78 bits per heavy atom. The molecular formula is C19H28N6O2. The number of fused-ring (bicyclic) bond motifs is 1. The summed E-state index contributed by atoms with van der Waals surface area (Å²) in [4.78, 5) is 20.5. The Kier molecular flexibility index (Phi) is 6.20. The number of hydrogen-bond donors (Lipinski definition) is 1. The highest BCUT2D eigenvalue weighted by molar-refractivity contribution is 5.76. The van der Waals surface area contributed by atoms with Gasteiger partial charge in [-0.05, 0) is 18.4 Å². The van der Waals surface area contributed by atoms with Gasteiger partial charge in [-0.25, -0.2) is 4.98 Å². The van der Waals surface area contributed by atoms with Crippen molar-refractivity contribution < 1.29 is 9.53 Å². The number of ether oxygens (including phenoxy) is 1. The molecule has 27 heavy (non-hydrogen) atoms. The van der Waals surface area contributed by atoms with E-state index in [0.717, 1.165) is 17.6 Å². The summed E-state index contributed by atoms with van der Waals surface area (Å²) in [5, 5.41) is 8.27. The zero-order chi connectivity index (χ0) is 18.7. The van der Waals surface area contributed by atoms with E-state index >= 15 is 0 Å². The number of aromatic nitrogens is 5. The Hall–Kier alpha value is -2.90. The molecule has 0 unspecified atom stereocenters. The first-order valence-corrected chi connectivity index (χ1v) is 8.61. The zero-order valence-electron chi connectivity index (χ0n) is 15.6. The van der Waals surface area contributed by atoms with E-state index in [4.69, 9.17) is 4.74 Å². The van der Waals surface area contributed by atoms with Crippen LogP contribution in [0.25, 0.3) is 11.0 Å². The molecule has 0 radical (unpaired) electrons. The van der Waals surface area contributed by atoms with Crippen molar-refractivity contribution in [3.8, 4) is 0 Å². The molecule has 146 valence electrons. The molecule has 0 bridgehead atoms. The molecule has 0 saturated heterocycles.